The first-order valence-electron chi connectivity index (χ1n) is 10.6. The lowest BCUT2D eigenvalue weighted by Crippen LogP contribution is -2.43. The Bertz CT molecular complexity index is 905. The molecule has 0 bridgehead atoms. The van der Waals surface area contributed by atoms with Gasteiger partial charge in [-0.15, -0.1) is 0 Å². The van der Waals surface area contributed by atoms with Gasteiger partial charge in [0.05, 0.1) is 11.7 Å². The number of nitrogens with zero attached hydrogens (tertiary/aromatic N) is 3. The molecule has 1 aromatic heterocycles. The van der Waals surface area contributed by atoms with Crippen LogP contribution in [0.4, 0.5) is 16.3 Å². The van der Waals surface area contributed by atoms with Gasteiger partial charge in [0.25, 0.3) is 5.91 Å². The van der Waals surface area contributed by atoms with Gasteiger partial charge in [-0.05, 0) is 56.9 Å². The Labute approximate surface area is 177 Å². The molecule has 2 aliphatic rings. The number of para-hydroxylation sites is 1. The van der Waals surface area contributed by atoms with Gasteiger partial charge < -0.3 is 19.9 Å². The van der Waals surface area contributed by atoms with Crippen molar-refractivity contribution >= 4 is 23.5 Å². The molecular formula is C23H28N4O3. The molecule has 1 N–H and O–H groups in total. The van der Waals surface area contributed by atoms with Gasteiger partial charge >= 0.3 is 6.09 Å². The standard InChI is InChI=1S/C23H28N4O3/c1-16(2)30-23(29)26-12-10-19(11-13-26)25-21-8-7-18(15-24-21)22(28)27-14-9-17-5-3-4-6-20(17)27/h3-8,15-16,19H,9-14H2,1-2H3,(H,24,25). The third-order valence-electron chi connectivity index (χ3n) is 5.58. The smallest absolute Gasteiger partial charge is 0.410 e. The molecule has 0 unspecified atom stereocenters. The van der Waals surface area contributed by atoms with E-state index in [4.69, 9.17) is 4.74 Å². The van der Waals surface area contributed by atoms with Crippen LogP contribution in [0.3, 0.4) is 0 Å². The van der Waals surface area contributed by atoms with Gasteiger partial charge in [0, 0.05) is 37.6 Å². The summed E-state index contributed by atoms with van der Waals surface area (Å²) in [4.78, 5) is 32.9. The number of carbonyl (C=O) groups is 2. The maximum absolute atomic E-state index is 12.9. The fraction of sp³-hybridized carbons (Fsp3) is 0.435. The van der Waals surface area contributed by atoms with Gasteiger partial charge in [-0.25, -0.2) is 9.78 Å². The summed E-state index contributed by atoms with van der Waals surface area (Å²) in [5.74, 6) is 0.729. The van der Waals surface area contributed by atoms with E-state index >= 15 is 0 Å². The minimum absolute atomic E-state index is 0.0176. The van der Waals surface area contributed by atoms with Crippen LogP contribution in [-0.2, 0) is 11.2 Å². The lowest BCUT2D eigenvalue weighted by Gasteiger charge is -2.32. The van der Waals surface area contributed by atoms with E-state index in [0.717, 1.165) is 30.8 Å². The summed E-state index contributed by atoms with van der Waals surface area (Å²) in [6.07, 6.45) is 3.85. The molecule has 30 heavy (non-hydrogen) atoms. The van der Waals surface area contributed by atoms with E-state index in [9.17, 15) is 9.59 Å². The zero-order valence-electron chi connectivity index (χ0n) is 17.5. The third kappa shape index (κ3) is 4.40. The van der Waals surface area contributed by atoms with Crippen molar-refractivity contribution in [3.63, 3.8) is 0 Å². The predicted molar refractivity (Wildman–Crippen MR) is 116 cm³/mol. The normalized spacial score (nSPS) is 16.5. The largest absolute Gasteiger partial charge is 0.447 e. The van der Waals surface area contributed by atoms with Crippen LogP contribution in [-0.4, -0.2) is 53.7 Å². The number of pyridine rings is 1. The van der Waals surface area contributed by atoms with Crippen LogP contribution in [0, 0.1) is 0 Å². The van der Waals surface area contributed by atoms with Crippen LogP contribution >= 0.6 is 0 Å². The van der Waals surface area contributed by atoms with Crippen LogP contribution in [0.5, 0.6) is 0 Å². The zero-order chi connectivity index (χ0) is 21.1. The molecule has 0 radical (unpaired) electrons. The molecule has 7 nitrogen and oxygen atoms in total. The minimum Gasteiger partial charge on any atom is -0.447 e. The SMILES string of the molecule is CC(C)OC(=O)N1CCC(Nc2ccc(C(=O)N3CCc4ccccc43)cn2)CC1. The second-order valence-electron chi connectivity index (χ2n) is 8.11. The van der Waals surface area contributed by atoms with E-state index < -0.39 is 0 Å². The summed E-state index contributed by atoms with van der Waals surface area (Å²) in [6.45, 7) is 5.74. The van der Waals surface area contributed by atoms with Crippen molar-refractivity contribution in [2.75, 3.05) is 29.9 Å². The Morgan fingerprint density at radius 1 is 1.10 bits per heavy atom. The number of amides is 2. The number of nitrogens with one attached hydrogen (secondary N) is 1. The number of hydrogen-bond acceptors (Lipinski definition) is 5. The third-order valence-corrected chi connectivity index (χ3v) is 5.58. The Kier molecular flexibility index (Phi) is 5.88. The number of likely N-dealkylation sites (tertiary alicyclic amines) is 1. The van der Waals surface area contributed by atoms with Gasteiger partial charge in [-0.3, -0.25) is 4.79 Å². The highest BCUT2D eigenvalue weighted by Crippen LogP contribution is 2.29. The van der Waals surface area contributed by atoms with Gasteiger partial charge in [-0.1, -0.05) is 18.2 Å². The number of aromatic nitrogens is 1. The van der Waals surface area contributed by atoms with Gasteiger partial charge in [0.15, 0.2) is 0 Å². The van der Waals surface area contributed by atoms with Crippen LogP contribution in [0.2, 0.25) is 0 Å². The number of anilines is 2. The zero-order valence-corrected chi connectivity index (χ0v) is 17.5. The molecule has 4 rings (SSSR count). The lowest BCUT2D eigenvalue weighted by atomic mass is 10.1. The summed E-state index contributed by atoms with van der Waals surface area (Å²) in [5.41, 5.74) is 2.79. The molecule has 2 aliphatic heterocycles. The van der Waals surface area contributed by atoms with Crippen molar-refractivity contribution in [3.05, 3.63) is 53.7 Å². The molecule has 2 amide bonds. The van der Waals surface area contributed by atoms with Crippen molar-refractivity contribution in [1.29, 1.82) is 0 Å². The summed E-state index contributed by atoms with van der Waals surface area (Å²) in [7, 11) is 0. The van der Waals surface area contributed by atoms with Crippen molar-refractivity contribution < 1.29 is 14.3 Å². The predicted octanol–water partition coefficient (Wildman–Crippen LogP) is 3.71. The molecule has 0 saturated carbocycles. The second-order valence-corrected chi connectivity index (χ2v) is 8.11. The fourth-order valence-corrected chi connectivity index (χ4v) is 4.00. The van der Waals surface area contributed by atoms with E-state index in [0.29, 0.717) is 25.2 Å². The highest BCUT2D eigenvalue weighted by molar-refractivity contribution is 6.07. The van der Waals surface area contributed by atoms with Crippen LogP contribution in [0.1, 0.15) is 42.6 Å². The molecule has 0 atom stereocenters. The average molecular weight is 409 g/mol. The van der Waals surface area contributed by atoms with Gasteiger partial charge in [0.2, 0.25) is 0 Å². The number of benzene rings is 1. The van der Waals surface area contributed by atoms with E-state index in [-0.39, 0.29) is 24.1 Å². The number of rotatable bonds is 4. The maximum atomic E-state index is 12.9. The molecule has 3 heterocycles. The Morgan fingerprint density at radius 2 is 1.87 bits per heavy atom. The first-order valence-corrected chi connectivity index (χ1v) is 10.6. The number of ether oxygens (including phenoxy) is 1. The van der Waals surface area contributed by atoms with Crippen LogP contribution < -0.4 is 10.2 Å². The summed E-state index contributed by atoms with van der Waals surface area (Å²) < 4.78 is 5.26. The number of fused-ring (bicyclic) bond motifs is 1. The Hall–Kier alpha value is -3.09. The number of carbonyl (C=O) groups excluding carboxylic acids is 2. The molecular weight excluding hydrogens is 380 g/mol. The Balaban J connectivity index is 1.32. The summed E-state index contributed by atoms with van der Waals surface area (Å²) in [6, 6.07) is 12.0. The number of hydrogen-bond donors (Lipinski definition) is 1. The van der Waals surface area contributed by atoms with Crippen molar-refractivity contribution in [1.82, 2.24) is 9.88 Å². The molecule has 0 aliphatic carbocycles. The fourth-order valence-electron chi connectivity index (χ4n) is 4.00. The highest BCUT2D eigenvalue weighted by Gasteiger charge is 2.26. The first-order chi connectivity index (χ1) is 14.5. The monoisotopic (exact) mass is 408 g/mol. The summed E-state index contributed by atoms with van der Waals surface area (Å²) >= 11 is 0. The lowest BCUT2D eigenvalue weighted by molar-refractivity contribution is 0.0701. The van der Waals surface area contributed by atoms with Crippen molar-refractivity contribution in [2.45, 2.75) is 45.3 Å². The summed E-state index contributed by atoms with van der Waals surface area (Å²) in [5, 5.41) is 3.42. The second kappa shape index (κ2) is 8.73. The van der Waals surface area contributed by atoms with Crippen LogP contribution in [0.15, 0.2) is 42.6 Å². The van der Waals surface area contributed by atoms with Crippen molar-refractivity contribution in [2.24, 2.45) is 0 Å². The molecule has 2 aromatic rings. The quantitative estimate of drug-likeness (QED) is 0.835. The van der Waals surface area contributed by atoms with Gasteiger partial charge in [0.1, 0.15) is 5.82 Å². The van der Waals surface area contributed by atoms with Gasteiger partial charge in [-0.2, -0.15) is 0 Å². The molecule has 158 valence electrons. The first kappa shape index (κ1) is 20.2. The number of piperidine rings is 1. The van der Waals surface area contributed by atoms with E-state index in [2.05, 4.69) is 16.4 Å². The van der Waals surface area contributed by atoms with E-state index in [1.165, 1.54) is 5.56 Å². The maximum Gasteiger partial charge on any atom is 0.410 e. The molecule has 1 fully saturated rings. The topological polar surface area (TPSA) is 74.8 Å². The van der Waals surface area contributed by atoms with Crippen molar-refractivity contribution in [3.8, 4) is 0 Å². The minimum atomic E-state index is -0.243. The highest BCUT2D eigenvalue weighted by atomic mass is 16.6. The average Bonchev–Trinajstić information content (AvgIpc) is 3.18. The molecule has 0 spiro atoms. The molecule has 1 saturated heterocycles. The van der Waals surface area contributed by atoms with E-state index in [1.807, 2.05) is 49.1 Å². The van der Waals surface area contributed by atoms with E-state index in [1.54, 1.807) is 11.1 Å². The Morgan fingerprint density at radius 3 is 2.57 bits per heavy atom. The molecule has 1 aromatic carbocycles. The van der Waals surface area contributed by atoms with Crippen LogP contribution in [0.25, 0.3) is 0 Å². The molecule has 7 heteroatoms.